The maximum Gasteiger partial charge on any atom is 0.244 e. The van der Waals surface area contributed by atoms with Gasteiger partial charge in [0.2, 0.25) is 5.91 Å². The van der Waals surface area contributed by atoms with Gasteiger partial charge in [0.1, 0.15) is 12.4 Å². The number of carbonyl (C=O) groups is 1. The monoisotopic (exact) mass is 448 g/mol. The number of carbonyl (C=O) groups excluding carboxylic acids is 1. The lowest BCUT2D eigenvalue weighted by Gasteiger charge is -2.34. The highest BCUT2D eigenvalue weighted by molar-refractivity contribution is 7.10. The van der Waals surface area contributed by atoms with E-state index < -0.39 is 0 Å². The van der Waals surface area contributed by atoms with E-state index in [4.69, 9.17) is 9.47 Å². The van der Waals surface area contributed by atoms with Crippen LogP contribution in [-0.2, 0) is 16.1 Å². The molecule has 4 rings (SSSR count). The van der Waals surface area contributed by atoms with Gasteiger partial charge in [-0.15, -0.1) is 11.3 Å². The summed E-state index contributed by atoms with van der Waals surface area (Å²) in [6.45, 7) is 4.35. The van der Waals surface area contributed by atoms with E-state index in [0.717, 1.165) is 43.2 Å². The summed E-state index contributed by atoms with van der Waals surface area (Å²) >= 11 is 1.73. The van der Waals surface area contributed by atoms with E-state index in [9.17, 15) is 4.79 Å². The minimum Gasteiger partial charge on any atom is -0.489 e. The van der Waals surface area contributed by atoms with Crippen molar-refractivity contribution in [2.24, 2.45) is 0 Å². The number of hydrogen-bond donors (Lipinski definition) is 1. The van der Waals surface area contributed by atoms with Crippen molar-refractivity contribution in [2.75, 3.05) is 32.8 Å². The van der Waals surface area contributed by atoms with Gasteiger partial charge in [-0.1, -0.05) is 48.5 Å². The lowest BCUT2D eigenvalue weighted by Crippen LogP contribution is -2.43. The van der Waals surface area contributed by atoms with Crippen molar-refractivity contribution < 1.29 is 14.3 Å². The third-order valence-electron chi connectivity index (χ3n) is 5.38. The smallest absolute Gasteiger partial charge is 0.244 e. The SMILES string of the molecule is O=C(/C=C/c1ccc(OCc2ccccc2)cc1)NC[C@@H](c1cccs1)N1CCOCC1. The molecule has 2 heterocycles. The molecule has 5 nitrogen and oxygen atoms in total. The Hall–Kier alpha value is -2.93. The van der Waals surface area contributed by atoms with Crippen LogP contribution in [0.3, 0.4) is 0 Å². The highest BCUT2D eigenvalue weighted by Crippen LogP contribution is 2.25. The number of amides is 1. The van der Waals surface area contributed by atoms with Gasteiger partial charge in [0, 0.05) is 30.6 Å². The number of morpholine rings is 1. The second-order valence-electron chi connectivity index (χ2n) is 7.60. The van der Waals surface area contributed by atoms with Crippen molar-refractivity contribution in [1.82, 2.24) is 10.2 Å². The van der Waals surface area contributed by atoms with E-state index in [1.807, 2.05) is 60.7 Å². The van der Waals surface area contributed by atoms with Crippen molar-refractivity contribution in [3.8, 4) is 5.75 Å². The number of nitrogens with one attached hydrogen (secondary N) is 1. The number of nitrogens with zero attached hydrogens (tertiary/aromatic N) is 1. The average Bonchev–Trinajstić information content (AvgIpc) is 3.38. The highest BCUT2D eigenvalue weighted by atomic mass is 32.1. The zero-order valence-corrected chi connectivity index (χ0v) is 18.8. The molecule has 1 atom stereocenters. The summed E-state index contributed by atoms with van der Waals surface area (Å²) < 4.78 is 11.3. The van der Waals surface area contributed by atoms with Gasteiger partial charge in [0.05, 0.1) is 19.3 Å². The van der Waals surface area contributed by atoms with E-state index in [1.54, 1.807) is 17.4 Å². The normalized spacial score (nSPS) is 15.5. The van der Waals surface area contributed by atoms with Gasteiger partial charge in [-0.2, -0.15) is 0 Å². The van der Waals surface area contributed by atoms with Gasteiger partial charge < -0.3 is 14.8 Å². The quantitative estimate of drug-likeness (QED) is 0.489. The molecule has 1 aromatic heterocycles. The second-order valence-corrected chi connectivity index (χ2v) is 8.58. The van der Waals surface area contributed by atoms with Gasteiger partial charge in [-0.25, -0.2) is 0 Å². The van der Waals surface area contributed by atoms with Crippen LogP contribution in [0, 0.1) is 0 Å². The van der Waals surface area contributed by atoms with Crippen LogP contribution in [0.15, 0.2) is 78.2 Å². The molecule has 1 saturated heterocycles. The van der Waals surface area contributed by atoms with Crippen LogP contribution >= 0.6 is 11.3 Å². The summed E-state index contributed by atoms with van der Waals surface area (Å²) in [4.78, 5) is 16.1. The summed E-state index contributed by atoms with van der Waals surface area (Å²) in [5.41, 5.74) is 2.08. The number of benzene rings is 2. The molecular formula is C26H28N2O3S. The molecule has 6 heteroatoms. The van der Waals surface area contributed by atoms with E-state index >= 15 is 0 Å². The van der Waals surface area contributed by atoms with Crippen molar-refractivity contribution in [1.29, 1.82) is 0 Å². The summed E-state index contributed by atoms with van der Waals surface area (Å²) in [6, 6.07) is 22.2. The predicted octanol–water partition coefficient (Wildman–Crippen LogP) is 4.53. The van der Waals surface area contributed by atoms with Crippen LogP contribution in [0.2, 0.25) is 0 Å². The molecule has 0 aliphatic carbocycles. The Bertz CT molecular complexity index is 982. The van der Waals surface area contributed by atoms with Gasteiger partial charge in [-0.05, 0) is 40.8 Å². The Morgan fingerprint density at radius 1 is 1.06 bits per heavy atom. The fourth-order valence-corrected chi connectivity index (χ4v) is 4.48. The summed E-state index contributed by atoms with van der Waals surface area (Å²) in [7, 11) is 0. The van der Waals surface area contributed by atoms with Gasteiger partial charge in [-0.3, -0.25) is 9.69 Å². The first-order valence-electron chi connectivity index (χ1n) is 10.9. The van der Waals surface area contributed by atoms with Crippen LogP contribution in [0.1, 0.15) is 22.0 Å². The summed E-state index contributed by atoms with van der Waals surface area (Å²) in [6.07, 6.45) is 3.41. The van der Waals surface area contributed by atoms with E-state index in [0.29, 0.717) is 13.2 Å². The molecule has 0 unspecified atom stereocenters. The van der Waals surface area contributed by atoms with E-state index in [-0.39, 0.29) is 11.9 Å². The van der Waals surface area contributed by atoms with E-state index in [1.165, 1.54) is 4.88 Å². The Kier molecular flexibility index (Phi) is 8.09. The van der Waals surface area contributed by atoms with Crippen molar-refractivity contribution >= 4 is 23.3 Å². The molecule has 1 aliphatic rings. The van der Waals surface area contributed by atoms with Gasteiger partial charge >= 0.3 is 0 Å². The molecule has 0 bridgehead atoms. The molecule has 0 radical (unpaired) electrons. The lowest BCUT2D eigenvalue weighted by molar-refractivity contribution is -0.116. The molecule has 2 aromatic carbocycles. The maximum absolute atomic E-state index is 12.4. The summed E-state index contributed by atoms with van der Waals surface area (Å²) in [5.74, 6) is 0.712. The standard InChI is InChI=1S/C26H28N2O3S/c29-26(27-19-24(25-7-4-18-32-25)28-14-16-30-17-15-28)13-10-21-8-11-23(12-9-21)31-20-22-5-2-1-3-6-22/h1-13,18,24H,14-17,19-20H2,(H,27,29)/b13-10+/t24-/m0/s1. The first-order chi connectivity index (χ1) is 15.8. The predicted molar refractivity (Wildman–Crippen MR) is 129 cm³/mol. The molecule has 1 fully saturated rings. The van der Waals surface area contributed by atoms with Gasteiger partial charge in [0.15, 0.2) is 0 Å². The van der Waals surface area contributed by atoms with Crippen molar-refractivity contribution in [3.63, 3.8) is 0 Å². The fraction of sp³-hybridized carbons (Fsp3) is 0.269. The molecular weight excluding hydrogens is 420 g/mol. The Morgan fingerprint density at radius 3 is 2.56 bits per heavy atom. The van der Waals surface area contributed by atoms with Crippen molar-refractivity contribution in [3.05, 3.63) is 94.2 Å². The molecule has 32 heavy (non-hydrogen) atoms. The van der Waals surface area contributed by atoms with Crippen LogP contribution in [0.5, 0.6) is 5.75 Å². The number of ether oxygens (including phenoxy) is 2. The molecule has 3 aromatic rings. The van der Waals surface area contributed by atoms with Crippen LogP contribution in [0.4, 0.5) is 0 Å². The van der Waals surface area contributed by atoms with Crippen LogP contribution in [-0.4, -0.2) is 43.7 Å². The van der Waals surface area contributed by atoms with Crippen molar-refractivity contribution in [2.45, 2.75) is 12.6 Å². The molecule has 1 aliphatic heterocycles. The zero-order valence-electron chi connectivity index (χ0n) is 18.0. The largest absolute Gasteiger partial charge is 0.489 e. The molecule has 1 N–H and O–H groups in total. The Labute approximate surface area is 193 Å². The molecule has 166 valence electrons. The van der Waals surface area contributed by atoms with Crippen LogP contribution in [0.25, 0.3) is 6.08 Å². The topological polar surface area (TPSA) is 50.8 Å². The Balaban J connectivity index is 1.27. The molecule has 0 saturated carbocycles. The summed E-state index contributed by atoms with van der Waals surface area (Å²) in [5, 5.41) is 5.14. The first-order valence-corrected chi connectivity index (χ1v) is 11.7. The average molecular weight is 449 g/mol. The second kappa shape index (κ2) is 11.6. The fourth-order valence-electron chi connectivity index (χ4n) is 3.62. The number of hydrogen-bond acceptors (Lipinski definition) is 5. The third-order valence-corrected chi connectivity index (χ3v) is 6.36. The lowest BCUT2D eigenvalue weighted by atomic mass is 10.1. The van der Waals surface area contributed by atoms with E-state index in [2.05, 4.69) is 27.7 Å². The number of rotatable bonds is 9. The number of thiophene rings is 1. The minimum atomic E-state index is -0.0933. The minimum absolute atomic E-state index is 0.0933. The van der Waals surface area contributed by atoms with Crippen LogP contribution < -0.4 is 10.1 Å². The maximum atomic E-state index is 12.4. The Morgan fingerprint density at radius 2 is 1.84 bits per heavy atom. The zero-order chi connectivity index (χ0) is 22.0. The third kappa shape index (κ3) is 6.53. The highest BCUT2D eigenvalue weighted by Gasteiger charge is 2.23. The first kappa shape index (κ1) is 22.3. The molecule has 1 amide bonds. The van der Waals surface area contributed by atoms with Gasteiger partial charge in [0.25, 0.3) is 0 Å². The molecule has 0 spiro atoms.